The summed E-state index contributed by atoms with van der Waals surface area (Å²) in [7, 11) is 0. The van der Waals surface area contributed by atoms with Crippen molar-refractivity contribution in [2.45, 2.75) is 0 Å². The first kappa shape index (κ1) is 16.9. The number of aromatic carboxylic acids is 1. The molecule has 2 rings (SSSR count). The van der Waals surface area contributed by atoms with E-state index in [4.69, 9.17) is 16.7 Å². The van der Waals surface area contributed by atoms with Gasteiger partial charge < -0.3 is 10.2 Å². The van der Waals surface area contributed by atoms with E-state index in [0.717, 1.165) is 12.1 Å². The number of nitro groups is 1. The molecule has 9 heteroatoms. The number of hydrogen-bond acceptors (Lipinski definition) is 5. The Morgan fingerprint density at radius 3 is 2.65 bits per heavy atom. The topological polar surface area (TPSA) is 113 Å². The molecule has 0 unspecified atom stereocenters. The lowest BCUT2D eigenvalue weighted by molar-refractivity contribution is -0.385. The van der Waals surface area contributed by atoms with Gasteiger partial charge in [-0.15, -0.1) is 0 Å². The molecule has 118 valence electrons. The van der Waals surface area contributed by atoms with Gasteiger partial charge in [-0.2, -0.15) is 0 Å². The van der Waals surface area contributed by atoms with Crippen LogP contribution in [-0.2, 0) is 0 Å². The van der Waals surface area contributed by atoms with Crippen LogP contribution in [0.4, 0.5) is 11.4 Å². The number of halogens is 2. The second kappa shape index (κ2) is 6.76. The molecule has 0 saturated carbocycles. The Kier molecular flexibility index (Phi) is 4.97. The number of carboxylic acids is 1. The lowest BCUT2D eigenvalue weighted by Gasteiger charge is -2.03. The number of nitrogens with zero attached hydrogens (tertiary/aromatic N) is 2. The summed E-state index contributed by atoms with van der Waals surface area (Å²) in [6.07, 6.45) is 1.17. The average molecular weight is 400 g/mol. The lowest BCUT2D eigenvalue weighted by Crippen LogP contribution is -1.95. The molecule has 0 heterocycles. The van der Waals surface area contributed by atoms with Crippen molar-refractivity contribution in [1.82, 2.24) is 0 Å². The molecule has 0 amide bonds. The monoisotopic (exact) mass is 398 g/mol. The van der Waals surface area contributed by atoms with Crippen molar-refractivity contribution in [2.75, 3.05) is 0 Å². The minimum absolute atomic E-state index is 0.00834. The summed E-state index contributed by atoms with van der Waals surface area (Å²) >= 11 is 8.95. The molecule has 2 aromatic rings. The number of non-ortho nitro benzene ring substituents is 1. The van der Waals surface area contributed by atoms with Gasteiger partial charge in [0.15, 0.2) is 0 Å². The van der Waals surface area contributed by atoms with Crippen LogP contribution in [0.15, 0.2) is 39.8 Å². The molecule has 0 aliphatic heterocycles. The summed E-state index contributed by atoms with van der Waals surface area (Å²) in [6.45, 7) is 0. The van der Waals surface area contributed by atoms with E-state index >= 15 is 0 Å². The molecule has 0 radical (unpaired) electrons. The van der Waals surface area contributed by atoms with E-state index in [0.29, 0.717) is 0 Å². The van der Waals surface area contributed by atoms with E-state index in [-0.39, 0.29) is 37.7 Å². The highest BCUT2D eigenvalue weighted by Gasteiger charge is 2.14. The van der Waals surface area contributed by atoms with E-state index in [1.807, 2.05) is 0 Å². The first-order chi connectivity index (χ1) is 10.8. The molecule has 0 fully saturated rings. The predicted octanol–water partition coefficient (Wildman–Crippen LogP) is 4.17. The number of rotatable bonds is 4. The molecule has 0 aliphatic rings. The second-order valence-electron chi connectivity index (χ2n) is 4.35. The highest BCUT2D eigenvalue weighted by atomic mass is 79.9. The van der Waals surface area contributed by atoms with Crippen molar-refractivity contribution < 1.29 is 19.9 Å². The summed E-state index contributed by atoms with van der Waals surface area (Å²) in [4.78, 5) is 25.2. The normalized spacial score (nSPS) is 10.9. The van der Waals surface area contributed by atoms with Gasteiger partial charge in [-0.3, -0.25) is 15.1 Å². The molecule has 2 aromatic carbocycles. The standard InChI is InChI=1S/C14H8BrClN2O5/c15-10-5-9(18(22)23)3-8(13(10)19)6-17-12-4-7(14(20)21)1-2-11(12)16/h1-6,19H,(H,20,21). The molecule has 2 N–H and O–H groups in total. The summed E-state index contributed by atoms with van der Waals surface area (Å²) in [6, 6.07) is 6.25. The number of carbonyl (C=O) groups is 1. The van der Waals surface area contributed by atoms with Crippen molar-refractivity contribution in [3.63, 3.8) is 0 Å². The minimum Gasteiger partial charge on any atom is -0.506 e. The van der Waals surface area contributed by atoms with E-state index < -0.39 is 10.9 Å². The summed E-state index contributed by atoms with van der Waals surface area (Å²) in [5.41, 5.74) is 0.00367. The molecule has 0 aliphatic carbocycles. The van der Waals surface area contributed by atoms with E-state index in [9.17, 15) is 20.0 Å². The van der Waals surface area contributed by atoms with Gasteiger partial charge in [-0.1, -0.05) is 11.6 Å². The largest absolute Gasteiger partial charge is 0.506 e. The van der Waals surface area contributed by atoms with Crippen molar-refractivity contribution in [3.05, 3.63) is 61.1 Å². The van der Waals surface area contributed by atoms with Crippen LogP contribution in [0, 0.1) is 10.1 Å². The third kappa shape index (κ3) is 3.85. The van der Waals surface area contributed by atoms with Crippen LogP contribution in [0.5, 0.6) is 5.75 Å². The lowest BCUT2D eigenvalue weighted by atomic mass is 10.2. The summed E-state index contributed by atoms with van der Waals surface area (Å²) < 4.78 is 0.138. The van der Waals surface area contributed by atoms with E-state index in [1.54, 1.807) is 0 Å². The van der Waals surface area contributed by atoms with Crippen LogP contribution in [0.25, 0.3) is 0 Å². The molecule has 7 nitrogen and oxygen atoms in total. The van der Waals surface area contributed by atoms with Gasteiger partial charge >= 0.3 is 5.97 Å². The van der Waals surface area contributed by atoms with E-state index in [1.165, 1.54) is 24.4 Å². The Morgan fingerprint density at radius 1 is 1.35 bits per heavy atom. The van der Waals surface area contributed by atoms with Crippen LogP contribution in [0.1, 0.15) is 15.9 Å². The number of nitro benzene ring substituents is 1. The quantitative estimate of drug-likeness (QED) is 0.455. The van der Waals surface area contributed by atoms with Crippen LogP contribution >= 0.6 is 27.5 Å². The Bertz CT molecular complexity index is 838. The molecule has 0 saturated heterocycles. The maximum atomic E-state index is 10.9. The van der Waals surface area contributed by atoms with Crippen LogP contribution < -0.4 is 0 Å². The van der Waals surface area contributed by atoms with Crippen molar-refractivity contribution in [2.24, 2.45) is 4.99 Å². The highest BCUT2D eigenvalue weighted by Crippen LogP contribution is 2.32. The Hall–Kier alpha value is -2.45. The van der Waals surface area contributed by atoms with Crippen molar-refractivity contribution >= 4 is 51.1 Å². The molecular formula is C14H8BrClN2O5. The number of aromatic hydroxyl groups is 1. The average Bonchev–Trinajstić information content (AvgIpc) is 2.49. The zero-order valence-electron chi connectivity index (χ0n) is 11.2. The maximum absolute atomic E-state index is 10.9. The predicted molar refractivity (Wildman–Crippen MR) is 88.1 cm³/mol. The fourth-order valence-corrected chi connectivity index (χ4v) is 2.32. The van der Waals surface area contributed by atoms with Crippen LogP contribution in [0.2, 0.25) is 5.02 Å². The van der Waals surface area contributed by atoms with Crippen molar-refractivity contribution in [1.29, 1.82) is 0 Å². The summed E-state index contributed by atoms with van der Waals surface area (Å²) in [5, 5.41) is 29.9. The number of aliphatic imine (C=N–C) groups is 1. The number of carboxylic acid groups (broad SMARTS) is 1. The smallest absolute Gasteiger partial charge is 0.335 e. The zero-order valence-corrected chi connectivity index (χ0v) is 13.6. The van der Waals surface area contributed by atoms with Gasteiger partial charge in [0.1, 0.15) is 5.75 Å². The third-order valence-electron chi connectivity index (χ3n) is 2.82. The SMILES string of the molecule is O=C(O)c1ccc(Cl)c(N=Cc2cc([N+](=O)[O-])cc(Br)c2O)c1. The van der Waals surface area contributed by atoms with Crippen LogP contribution in [-0.4, -0.2) is 27.3 Å². The number of phenolic OH excluding ortho intramolecular Hbond substituents is 1. The van der Waals surface area contributed by atoms with Crippen molar-refractivity contribution in [3.8, 4) is 5.75 Å². The third-order valence-corrected chi connectivity index (χ3v) is 3.75. The van der Waals surface area contributed by atoms with E-state index in [2.05, 4.69) is 20.9 Å². The van der Waals surface area contributed by atoms with Gasteiger partial charge in [0, 0.05) is 23.9 Å². The number of phenols is 1. The van der Waals surface area contributed by atoms with Gasteiger partial charge in [0.05, 0.1) is 25.7 Å². The number of benzene rings is 2. The highest BCUT2D eigenvalue weighted by molar-refractivity contribution is 9.10. The fourth-order valence-electron chi connectivity index (χ4n) is 1.69. The summed E-state index contributed by atoms with van der Waals surface area (Å²) in [5.74, 6) is -1.37. The first-order valence-corrected chi connectivity index (χ1v) is 7.20. The Morgan fingerprint density at radius 2 is 2.04 bits per heavy atom. The Balaban J connectivity index is 2.46. The molecule has 0 spiro atoms. The molecule has 0 aromatic heterocycles. The van der Waals surface area contributed by atoms with Crippen LogP contribution in [0.3, 0.4) is 0 Å². The zero-order chi connectivity index (χ0) is 17.1. The van der Waals surface area contributed by atoms with Gasteiger partial charge in [0.2, 0.25) is 0 Å². The molecular weight excluding hydrogens is 392 g/mol. The fraction of sp³-hybridized carbons (Fsp3) is 0. The first-order valence-electron chi connectivity index (χ1n) is 6.03. The minimum atomic E-state index is -1.14. The van der Waals surface area contributed by atoms with Gasteiger partial charge in [-0.25, -0.2) is 4.79 Å². The molecule has 23 heavy (non-hydrogen) atoms. The van der Waals surface area contributed by atoms with Gasteiger partial charge in [0.25, 0.3) is 5.69 Å². The molecule has 0 atom stereocenters. The number of hydrogen-bond donors (Lipinski definition) is 2. The second-order valence-corrected chi connectivity index (χ2v) is 5.61. The maximum Gasteiger partial charge on any atom is 0.335 e. The Labute approximate surface area is 143 Å². The molecule has 0 bridgehead atoms. The van der Waals surface area contributed by atoms with Gasteiger partial charge in [-0.05, 0) is 34.1 Å².